The van der Waals surface area contributed by atoms with Gasteiger partial charge in [0.05, 0.1) is 0 Å². The van der Waals surface area contributed by atoms with E-state index in [-0.39, 0.29) is 0 Å². The Labute approximate surface area is 93.8 Å². The van der Waals surface area contributed by atoms with Gasteiger partial charge >= 0.3 is 5.97 Å². The van der Waals surface area contributed by atoms with Crippen molar-refractivity contribution in [3.8, 4) is 0 Å². The summed E-state index contributed by atoms with van der Waals surface area (Å²) in [5.74, 6) is -0.902. The van der Waals surface area contributed by atoms with Gasteiger partial charge in [-0.05, 0) is 22.8 Å². The van der Waals surface area contributed by atoms with E-state index in [9.17, 15) is 4.79 Å². The quantitative estimate of drug-likeness (QED) is 0.794. The minimum Gasteiger partial charge on any atom is -0.478 e. The molecular formula is C14H12O2. The molecule has 0 aliphatic carbocycles. The fraction of sp³-hybridized carbons (Fsp3) is 0.0714. The molecule has 16 heavy (non-hydrogen) atoms. The summed E-state index contributed by atoms with van der Waals surface area (Å²) >= 11 is 0. The lowest BCUT2D eigenvalue weighted by Gasteiger charge is -2.00. The van der Waals surface area contributed by atoms with Crippen molar-refractivity contribution in [3.63, 3.8) is 0 Å². The average molecular weight is 212 g/mol. The molecule has 0 aromatic heterocycles. The van der Waals surface area contributed by atoms with E-state index < -0.39 is 5.97 Å². The topological polar surface area (TPSA) is 37.3 Å². The van der Waals surface area contributed by atoms with Crippen LogP contribution in [0.1, 0.15) is 5.56 Å². The van der Waals surface area contributed by atoms with Gasteiger partial charge < -0.3 is 5.11 Å². The van der Waals surface area contributed by atoms with Gasteiger partial charge in [0.2, 0.25) is 0 Å². The van der Waals surface area contributed by atoms with Gasteiger partial charge in [0.15, 0.2) is 0 Å². The summed E-state index contributed by atoms with van der Waals surface area (Å²) in [6.45, 7) is 0. The van der Waals surface area contributed by atoms with Crippen molar-refractivity contribution in [2.75, 3.05) is 0 Å². The number of carboxylic acid groups (broad SMARTS) is 1. The van der Waals surface area contributed by atoms with Crippen LogP contribution < -0.4 is 0 Å². The van der Waals surface area contributed by atoms with E-state index in [0.717, 1.165) is 5.56 Å². The zero-order valence-corrected chi connectivity index (χ0v) is 8.76. The largest absolute Gasteiger partial charge is 0.478 e. The first-order chi connectivity index (χ1) is 7.75. The lowest BCUT2D eigenvalue weighted by molar-refractivity contribution is -0.131. The van der Waals surface area contributed by atoms with Gasteiger partial charge in [-0.3, -0.25) is 0 Å². The number of hydrogen-bond donors (Lipinski definition) is 1. The molecule has 80 valence electrons. The van der Waals surface area contributed by atoms with Crippen LogP contribution in [0.15, 0.2) is 54.6 Å². The lowest BCUT2D eigenvalue weighted by Crippen LogP contribution is -1.87. The molecule has 2 nitrogen and oxygen atoms in total. The summed E-state index contributed by atoms with van der Waals surface area (Å²) in [5.41, 5.74) is 1.12. The Morgan fingerprint density at radius 1 is 1.12 bits per heavy atom. The Morgan fingerprint density at radius 3 is 2.62 bits per heavy atom. The van der Waals surface area contributed by atoms with Crippen LogP contribution in [-0.2, 0) is 11.2 Å². The van der Waals surface area contributed by atoms with Crippen LogP contribution in [0.5, 0.6) is 0 Å². The normalized spacial score (nSPS) is 11.0. The average Bonchev–Trinajstić information content (AvgIpc) is 2.28. The first kappa shape index (κ1) is 10.4. The van der Waals surface area contributed by atoms with Crippen molar-refractivity contribution < 1.29 is 9.90 Å². The number of fused-ring (bicyclic) bond motifs is 1. The number of benzene rings is 2. The lowest BCUT2D eigenvalue weighted by atomic mass is 10.1. The monoisotopic (exact) mass is 212 g/mol. The van der Waals surface area contributed by atoms with Gasteiger partial charge in [0, 0.05) is 6.08 Å². The Kier molecular flexibility index (Phi) is 3.01. The molecule has 0 aliphatic heterocycles. The van der Waals surface area contributed by atoms with Gasteiger partial charge in [-0.25, -0.2) is 4.79 Å². The van der Waals surface area contributed by atoms with Gasteiger partial charge in [-0.15, -0.1) is 0 Å². The number of carbonyl (C=O) groups is 1. The first-order valence-electron chi connectivity index (χ1n) is 5.13. The van der Waals surface area contributed by atoms with E-state index in [2.05, 4.69) is 24.3 Å². The molecule has 2 aromatic rings. The van der Waals surface area contributed by atoms with Gasteiger partial charge in [0.1, 0.15) is 0 Å². The maximum absolute atomic E-state index is 10.3. The van der Waals surface area contributed by atoms with Crippen molar-refractivity contribution >= 4 is 16.7 Å². The van der Waals surface area contributed by atoms with Crippen LogP contribution in [0, 0.1) is 0 Å². The molecule has 0 aliphatic rings. The minimum atomic E-state index is -0.902. The van der Waals surface area contributed by atoms with Crippen molar-refractivity contribution in [1.82, 2.24) is 0 Å². The molecule has 0 fully saturated rings. The number of hydrogen-bond acceptors (Lipinski definition) is 1. The molecule has 0 atom stereocenters. The maximum atomic E-state index is 10.3. The second-order valence-corrected chi connectivity index (χ2v) is 3.63. The van der Waals surface area contributed by atoms with Crippen LogP contribution in [-0.4, -0.2) is 11.1 Å². The summed E-state index contributed by atoms with van der Waals surface area (Å²) in [7, 11) is 0. The summed E-state index contributed by atoms with van der Waals surface area (Å²) < 4.78 is 0. The van der Waals surface area contributed by atoms with Crippen molar-refractivity contribution in [3.05, 3.63) is 60.2 Å². The molecule has 0 spiro atoms. The van der Waals surface area contributed by atoms with E-state index in [1.54, 1.807) is 6.08 Å². The third-order valence-corrected chi connectivity index (χ3v) is 2.43. The van der Waals surface area contributed by atoms with E-state index in [4.69, 9.17) is 5.11 Å². The molecule has 0 amide bonds. The molecule has 2 heteroatoms. The molecule has 1 N–H and O–H groups in total. The zero-order valence-electron chi connectivity index (χ0n) is 8.76. The van der Waals surface area contributed by atoms with Gasteiger partial charge in [-0.2, -0.15) is 0 Å². The summed E-state index contributed by atoms with van der Waals surface area (Å²) in [5, 5.41) is 10.9. The fourth-order valence-corrected chi connectivity index (χ4v) is 1.66. The van der Waals surface area contributed by atoms with Crippen molar-refractivity contribution in [2.45, 2.75) is 6.42 Å². The number of allylic oxidation sites excluding steroid dienone is 1. The van der Waals surface area contributed by atoms with E-state index >= 15 is 0 Å². The third-order valence-electron chi connectivity index (χ3n) is 2.43. The van der Waals surface area contributed by atoms with Crippen molar-refractivity contribution in [1.29, 1.82) is 0 Å². The van der Waals surface area contributed by atoms with Crippen LogP contribution in [0.3, 0.4) is 0 Å². The molecule has 0 heterocycles. The number of rotatable bonds is 3. The molecule has 2 rings (SSSR count). The highest BCUT2D eigenvalue weighted by Gasteiger charge is 1.94. The standard InChI is InChI=1S/C14H12O2/c15-14(16)7-3-4-11-8-9-12-5-1-2-6-13(12)10-11/h1-3,5-10H,4H2,(H,15,16)/b7-3+. The minimum absolute atomic E-state index is 0.650. The predicted octanol–water partition coefficient (Wildman–Crippen LogP) is 3.02. The first-order valence-corrected chi connectivity index (χ1v) is 5.13. The summed E-state index contributed by atoms with van der Waals surface area (Å²) in [6.07, 6.45) is 3.48. The Bertz CT molecular complexity index is 541. The van der Waals surface area contributed by atoms with Crippen molar-refractivity contribution in [2.24, 2.45) is 0 Å². The fourth-order valence-electron chi connectivity index (χ4n) is 1.66. The number of carboxylic acids is 1. The molecule has 0 saturated carbocycles. The highest BCUT2D eigenvalue weighted by atomic mass is 16.4. The van der Waals surface area contributed by atoms with Crippen LogP contribution >= 0.6 is 0 Å². The molecule has 0 saturated heterocycles. The smallest absolute Gasteiger partial charge is 0.327 e. The van der Waals surface area contributed by atoms with Crippen LogP contribution in [0.25, 0.3) is 10.8 Å². The molecule has 2 aromatic carbocycles. The molecular weight excluding hydrogens is 200 g/mol. The second kappa shape index (κ2) is 4.62. The molecule has 0 bridgehead atoms. The molecule has 0 unspecified atom stereocenters. The van der Waals surface area contributed by atoms with E-state index in [0.29, 0.717) is 6.42 Å². The van der Waals surface area contributed by atoms with Gasteiger partial charge in [-0.1, -0.05) is 48.5 Å². The second-order valence-electron chi connectivity index (χ2n) is 3.63. The maximum Gasteiger partial charge on any atom is 0.327 e. The zero-order chi connectivity index (χ0) is 11.4. The van der Waals surface area contributed by atoms with E-state index in [1.807, 2.05) is 18.2 Å². The van der Waals surface area contributed by atoms with Crippen LogP contribution in [0.2, 0.25) is 0 Å². The van der Waals surface area contributed by atoms with E-state index in [1.165, 1.54) is 16.8 Å². The summed E-state index contributed by atoms with van der Waals surface area (Å²) in [4.78, 5) is 10.3. The SMILES string of the molecule is O=C(O)/C=C/Cc1ccc2ccccc2c1. The molecule has 0 radical (unpaired) electrons. The predicted molar refractivity (Wildman–Crippen MR) is 64.4 cm³/mol. The Morgan fingerprint density at radius 2 is 1.88 bits per heavy atom. The number of aliphatic carboxylic acids is 1. The third kappa shape index (κ3) is 2.48. The van der Waals surface area contributed by atoms with Crippen LogP contribution in [0.4, 0.5) is 0 Å². The summed E-state index contributed by atoms with van der Waals surface area (Å²) in [6, 6.07) is 14.3. The van der Waals surface area contributed by atoms with Gasteiger partial charge in [0.25, 0.3) is 0 Å². The Balaban J connectivity index is 2.23. The highest BCUT2D eigenvalue weighted by Crippen LogP contribution is 2.15. The highest BCUT2D eigenvalue weighted by molar-refractivity contribution is 5.83. The Hall–Kier alpha value is -2.09.